The smallest absolute Gasteiger partial charge is 0.161 e. The van der Waals surface area contributed by atoms with Crippen LogP contribution in [0, 0.1) is 0 Å². The predicted octanol–water partition coefficient (Wildman–Crippen LogP) is 1.99. The molecule has 1 saturated heterocycles. The summed E-state index contributed by atoms with van der Waals surface area (Å²) in [6, 6.07) is 10.0. The molecule has 0 spiro atoms. The Hall–Kier alpha value is -0.980. The van der Waals surface area contributed by atoms with Gasteiger partial charge >= 0.3 is 0 Å². The zero-order chi connectivity index (χ0) is 15.1. The van der Waals surface area contributed by atoms with Gasteiger partial charge in [0.05, 0.1) is 19.3 Å². The molecule has 0 aliphatic carbocycles. The molecule has 1 aromatic carbocycles. The summed E-state index contributed by atoms with van der Waals surface area (Å²) in [6.07, 6.45) is -0.0837. The van der Waals surface area contributed by atoms with Crippen LogP contribution in [0.2, 0.25) is 0 Å². The standard InChI is InChI=1S/C16H24O5/c1-17-11-14-16(19-3)13(18-2)9-15(21-14)20-10-12-7-5-4-6-8-12/h4-8,13-16H,9-11H2,1-3H3/t13-,14-,15?,16+/m1/s1. The number of ether oxygens (including phenoxy) is 5. The fourth-order valence-corrected chi connectivity index (χ4v) is 2.59. The Labute approximate surface area is 126 Å². The molecule has 5 heteroatoms. The van der Waals surface area contributed by atoms with Crippen molar-refractivity contribution in [1.82, 2.24) is 0 Å². The van der Waals surface area contributed by atoms with Gasteiger partial charge in [-0.2, -0.15) is 0 Å². The fourth-order valence-electron chi connectivity index (χ4n) is 2.59. The summed E-state index contributed by atoms with van der Waals surface area (Å²) >= 11 is 0. The van der Waals surface area contributed by atoms with Gasteiger partial charge in [-0.05, 0) is 5.56 Å². The normalized spacial score (nSPS) is 29.5. The Morgan fingerprint density at radius 3 is 2.48 bits per heavy atom. The minimum atomic E-state index is -0.318. The number of hydrogen-bond acceptors (Lipinski definition) is 5. The minimum absolute atomic E-state index is 0.0651. The van der Waals surface area contributed by atoms with E-state index in [4.69, 9.17) is 23.7 Å². The predicted molar refractivity (Wildman–Crippen MR) is 78.0 cm³/mol. The fraction of sp³-hybridized carbons (Fsp3) is 0.625. The molecule has 0 N–H and O–H groups in total. The Morgan fingerprint density at radius 1 is 1.10 bits per heavy atom. The molecule has 4 atom stereocenters. The van der Waals surface area contributed by atoms with E-state index in [0.717, 1.165) is 5.56 Å². The molecule has 1 aromatic rings. The maximum atomic E-state index is 5.93. The van der Waals surface area contributed by atoms with Crippen molar-refractivity contribution < 1.29 is 23.7 Å². The summed E-state index contributed by atoms with van der Waals surface area (Å²) in [5.41, 5.74) is 1.12. The van der Waals surface area contributed by atoms with E-state index in [1.54, 1.807) is 21.3 Å². The summed E-state index contributed by atoms with van der Waals surface area (Å²) in [4.78, 5) is 0. The number of hydrogen-bond donors (Lipinski definition) is 0. The van der Waals surface area contributed by atoms with Crippen molar-refractivity contribution in [2.24, 2.45) is 0 Å². The molecule has 118 valence electrons. The topological polar surface area (TPSA) is 46.2 Å². The molecule has 0 radical (unpaired) electrons. The zero-order valence-electron chi connectivity index (χ0n) is 12.9. The molecule has 2 rings (SSSR count). The molecular weight excluding hydrogens is 272 g/mol. The average Bonchev–Trinajstić information content (AvgIpc) is 2.53. The molecule has 21 heavy (non-hydrogen) atoms. The maximum absolute atomic E-state index is 5.93. The summed E-state index contributed by atoms with van der Waals surface area (Å²) in [7, 11) is 4.99. The van der Waals surface area contributed by atoms with Gasteiger partial charge in [-0.15, -0.1) is 0 Å². The van der Waals surface area contributed by atoms with Gasteiger partial charge in [0, 0.05) is 27.8 Å². The van der Waals surface area contributed by atoms with Crippen molar-refractivity contribution in [3.63, 3.8) is 0 Å². The Kier molecular flexibility index (Phi) is 6.60. The van der Waals surface area contributed by atoms with E-state index in [-0.39, 0.29) is 24.6 Å². The van der Waals surface area contributed by atoms with Crippen LogP contribution in [0.5, 0.6) is 0 Å². The highest BCUT2D eigenvalue weighted by molar-refractivity contribution is 5.13. The molecule has 1 heterocycles. The molecule has 1 aliphatic heterocycles. The second-order valence-electron chi connectivity index (χ2n) is 5.07. The molecule has 0 amide bonds. The molecule has 0 saturated carbocycles. The highest BCUT2D eigenvalue weighted by atomic mass is 16.7. The van der Waals surface area contributed by atoms with Crippen molar-refractivity contribution >= 4 is 0 Å². The van der Waals surface area contributed by atoms with Gasteiger partial charge in [0.15, 0.2) is 6.29 Å². The van der Waals surface area contributed by atoms with E-state index in [9.17, 15) is 0 Å². The number of methoxy groups -OCH3 is 3. The Morgan fingerprint density at radius 2 is 1.86 bits per heavy atom. The lowest BCUT2D eigenvalue weighted by Crippen LogP contribution is -2.52. The van der Waals surface area contributed by atoms with Crippen molar-refractivity contribution in [1.29, 1.82) is 0 Å². The van der Waals surface area contributed by atoms with Gasteiger partial charge in [-0.25, -0.2) is 0 Å². The van der Waals surface area contributed by atoms with Crippen LogP contribution in [0.1, 0.15) is 12.0 Å². The summed E-state index contributed by atoms with van der Waals surface area (Å²) < 4.78 is 28.0. The monoisotopic (exact) mass is 296 g/mol. The SMILES string of the molecule is COC[C@H]1OC(OCc2ccccc2)C[C@@H](OC)[C@@H]1OC. The van der Waals surface area contributed by atoms with E-state index >= 15 is 0 Å². The van der Waals surface area contributed by atoms with Gasteiger partial charge in [0.2, 0.25) is 0 Å². The van der Waals surface area contributed by atoms with E-state index in [1.807, 2.05) is 30.3 Å². The van der Waals surface area contributed by atoms with Gasteiger partial charge in [0.1, 0.15) is 12.2 Å². The largest absolute Gasteiger partial charge is 0.382 e. The quantitative estimate of drug-likeness (QED) is 0.770. The van der Waals surface area contributed by atoms with Gasteiger partial charge < -0.3 is 23.7 Å². The van der Waals surface area contributed by atoms with Gasteiger partial charge in [0.25, 0.3) is 0 Å². The first-order chi connectivity index (χ1) is 10.3. The van der Waals surface area contributed by atoms with Gasteiger partial charge in [-0.3, -0.25) is 0 Å². The highest BCUT2D eigenvalue weighted by Crippen LogP contribution is 2.26. The number of rotatable bonds is 7. The first-order valence-electron chi connectivity index (χ1n) is 7.14. The second-order valence-corrected chi connectivity index (χ2v) is 5.07. The van der Waals surface area contributed by atoms with Crippen LogP contribution in [0.3, 0.4) is 0 Å². The molecule has 0 aromatic heterocycles. The first kappa shape index (κ1) is 16.4. The minimum Gasteiger partial charge on any atom is -0.382 e. The van der Waals surface area contributed by atoms with Crippen molar-refractivity contribution in [3.8, 4) is 0 Å². The van der Waals surface area contributed by atoms with Crippen molar-refractivity contribution in [3.05, 3.63) is 35.9 Å². The molecule has 5 nitrogen and oxygen atoms in total. The Balaban J connectivity index is 1.94. The van der Waals surface area contributed by atoms with Crippen LogP contribution in [-0.2, 0) is 30.3 Å². The molecular formula is C16H24O5. The van der Waals surface area contributed by atoms with Crippen molar-refractivity contribution in [2.75, 3.05) is 27.9 Å². The molecule has 1 fully saturated rings. The van der Waals surface area contributed by atoms with Crippen LogP contribution < -0.4 is 0 Å². The van der Waals surface area contributed by atoms with E-state index in [0.29, 0.717) is 19.6 Å². The lowest BCUT2D eigenvalue weighted by atomic mass is 10.0. The summed E-state index contributed by atoms with van der Waals surface area (Å²) in [6.45, 7) is 0.961. The summed E-state index contributed by atoms with van der Waals surface area (Å²) in [5, 5.41) is 0. The third-order valence-electron chi connectivity index (χ3n) is 3.67. The average molecular weight is 296 g/mol. The third kappa shape index (κ3) is 4.49. The lowest BCUT2D eigenvalue weighted by molar-refractivity contribution is -0.269. The number of benzene rings is 1. The zero-order valence-corrected chi connectivity index (χ0v) is 12.9. The lowest BCUT2D eigenvalue weighted by Gasteiger charge is -2.39. The Bertz CT molecular complexity index is 397. The molecule has 1 aliphatic rings. The van der Waals surface area contributed by atoms with Crippen LogP contribution in [0.4, 0.5) is 0 Å². The van der Waals surface area contributed by atoms with Crippen LogP contribution in [0.25, 0.3) is 0 Å². The third-order valence-corrected chi connectivity index (χ3v) is 3.67. The van der Waals surface area contributed by atoms with Crippen LogP contribution in [-0.4, -0.2) is 52.5 Å². The first-order valence-corrected chi connectivity index (χ1v) is 7.14. The van der Waals surface area contributed by atoms with Crippen LogP contribution in [0.15, 0.2) is 30.3 Å². The van der Waals surface area contributed by atoms with Crippen molar-refractivity contribution in [2.45, 2.75) is 37.6 Å². The molecule has 0 bridgehead atoms. The van der Waals surface area contributed by atoms with Crippen LogP contribution >= 0.6 is 0 Å². The highest BCUT2D eigenvalue weighted by Gasteiger charge is 2.39. The van der Waals surface area contributed by atoms with E-state index < -0.39 is 0 Å². The van der Waals surface area contributed by atoms with Gasteiger partial charge in [-0.1, -0.05) is 30.3 Å². The maximum Gasteiger partial charge on any atom is 0.161 e. The molecule has 1 unspecified atom stereocenters. The van der Waals surface area contributed by atoms with E-state index in [1.165, 1.54) is 0 Å². The summed E-state index contributed by atoms with van der Waals surface area (Å²) in [5.74, 6) is 0. The van der Waals surface area contributed by atoms with E-state index in [2.05, 4.69) is 0 Å². The second kappa shape index (κ2) is 8.46.